The van der Waals surface area contributed by atoms with Crippen LogP contribution in [0.5, 0.6) is 0 Å². The Morgan fingerprint density at radius 2 is 2.14 bits per heavy atom. The molecule has 0 unspecified atom stereocenters. The van der Waals surface area contributed by atoms with Crippen molar-refractivity contribution in [2.45, 2.75) is 19.9 Å². The van der Waals surface area contributed by atoms with E-state index >= 15 is 0 Å². The van der Waals surface area contributed by atoms with E-state index in [0.29, 0.717) is 27.6 Å². The monoisotopic (exact) mass is 409 g/mol. The Labute approximate surface area is 174 Å². The topological polar surface area (TPSA) is 62.5 Å². The summed E-state index contributed by atoms with van der Waals surface area (Å²) in [7, 11) is 1.67. The van der Waals surface area contributed by atoms with Crippen LogP contribution in [0.2, 0.25) is 5.02 Å². The first kappa shape index (κ1) is 20.6. The zero-order valence-electron chi connectivity index (χ0n) is 16.4. The molecule has 0 saturated heterocycles. The molecule has 2 heterocycles. The highest BCUT2D eigenvalue weighted by Gasteiger charge is 2.17. The lowest BCUT2D eigenvalue weighted by molar-refractivity contribution is 0.600. The second-order valence-corrected chi connectivity index (χ2v) is 6.90. The Balaban J connectivity index is 2.04. The Morgan fingerprint density at radius 3 is 2.86 bits per heavy atom. The molecule has 0 fully saturated rings. The summed E-state index contributed by atoms with van der Waals surface area (Å²) in [4.78, 5) is 16.6. The summed E-state index contributed by atoms with van der Waals surface area (Å²) < 4.78 is 14.7. The van der Waals surface area contributed by atoms with Crippen molar-refractivity contribution in [2.75, 3.05) is 12.4 Å². The van der Waals surface area contributed by atoms with Gasteiger partial charge in [-0.2, -0.15) is 0 Å². The van der Waals surface area contributed by atoms with Crippen LogP contribution in [0.25, 0.3) is 16.6 Å². The number of hydrogen-bond acceptors (Lipinski definition) is 5. The van der Waals surface area contributed by atoms with Gasteiger partial charge in [-0.1, -0.05) is 17.7 Å². The number of fused-ring (bicyclic) bond motifs is 1. The first-order valence-electron chi connectivity index (χ1n) is 9.01. The zero-order valence-corrected chi connectivity index (χ0v) is 17.2. The van der Waals surface area contributed by atoms with E-state index < -0.39 is 0 Å². The molecule has 7 heteroatoms. The van der Waals surface area contributed by atoms with Crippen molar-refractivity contribution in [2.24, 2.45) is 9.98 Å². The van der Waals surface area contributed by atoms with Gasteiger partial charge in [0.25, 0.3) is 0 Å². The fourth-order valence-corrected chi connectivity index (χ4v) is 3.30. The predicted molar refractivity (Wildman–Crippen MR) is 120 cm³/mol. The molecule has 1 N–H and O–H groups in total. The predicted octanol–water partition coefficient (Wildman–Crippen LogP) is 5.65. The van der Waals surface area contributed by atoms with Gasteiger partial charge in [-0.15, -0.1) is 0 Å². The van der Waals surface area contributed by atoms with Crippen molar-refractivity contribution >= 4 is 46.8 Å². The van der Waals surface area contributed by atoms with E-state index in [0.717, 1.165) is 16.5 Å². The van der Waals surface area contributed by atoms with E-state index in [1.54, 1.807) is 37.8 Å². The average molecular weight is 410 g/mol. The normalized spacial score (nSPS) is 13.1. The van der Waals surface area contributed by atoms with Gasteiger partial charge in [0.1, 0.15) is 5.82 Å². The van der Waals surface area contributed by atoms with Crippen LogP contribution in [-0.4, -0.2) is 29.9 Å². The van der Waals surface area contributed by atoms with Crippen LogP contribution in [0.1, 0.15) is 29.8 Å². The smallest absolute Gasteiger partial charge is 0.161 e. The minimum Gasteiger partial charge on any atom is -0.377 e. The summed E-state index contributed by atoms with van der Waals surface area (Å²) in [5.74, 6) is -0.322. The molecule has 2 aromatic heterocycles. The average Bonchev–Trinajstić information content (AvgIpc) is 2.71. The van der Waals surface area contributed by atoms with E-state index in [-0.39, 0.29) is 11.9 Å². The molecule has 1 atom stereocenters. The molecule has 5 nitrogen and oxygen atoms in total. The number of aryl methyl sites for hydroxylation is 1. The summed E-state index contributed by atoms with van der Waals surface area (Å²) in [6, 6.07) is 8.23. The molecule has 29 heavy (non-hydrogen) atoms. The first-order chi connectivity index (χ1) is 14.0. The molecule has 148 valence electrons. The lowest BCUT2D eigenvalue weighted by atomic mass is 10.00. The lowest BCUT2D eigenvalue weighted by Gasteiger charge is -2.20. The SMILES string of the molecule is C=N/C=C(\C=N/C)c1ccc(F)c([C@@H](C)Nc2c(Cl)c(C)nc3ncccc23)c1. The van der Waals surface area contributed by atoms with Crippen LogP contribution in [0.4, 0.5) is 10.1 Å². The van der Waals surface area contributed by atoms with E-state index in [1.807, 2.05) is 26.0 Å². The maximum absolute atomic E-state index is 14.7. The quantitative estimate of drug-likeness (QED) is 0.535. The number of nitrogens with zero attached hydrogens (tertiary/aromatic N) is 4. The van der Waals surface area contributed by atoms with Crippen LogP contribution >= 0.6 is 11.6 Å². The van der Waals surface area contributed by atoms with Crippen molar-refractivity contribution in [3.8, 4) is 0 Å². The standard InChI is InChI=1S/C22H21ClFN5/c1-13(18-10-15(7-8-19(18)24)16(11-25-3)12-26-4)28-21-17-6-5-9-27-22(17)29-14(2)20(21)23/h5-13H,3H2,1-2,4H3,(H,27,28,29)/b16-11+,26-12-/t13-/m1/s1. The molecule has 0 amide bonds. The third kappa shape index (κ3) is 4.32. The minimum atomic E-state index is -0.367. The van der Waals surface area contributed by atoms with Gasteiger partial charge < -0.3 is 5.32 Å². The van der Waals surface area contributed by atoms with Crippen LogP contribution in [-0.2, 0) is 0 Å². The summed E-state index contributed by atoms with van der Waals surface area (Å²) in [5, 5.41) is 4.61. The fourth-order valence-electron chi connectivity index (χ4n) is 3.10. The highest BCUT2D eigenvalue weighted by Crippen LogP contribution is 2.35. The van der Waals surface area contributed by atoms with Gasteiger partial charge in [0.2, 0.25) is 0 Å². The van der Waals surface area contributed by atoms with Crippen LogP contribution in [0.3, 0.4) is 0 Å². The van der Waals surface area contributed by atoms with Gasteiger partial charge in [0, 0.05) is 42.2 Å². The molecule has 3 rings (SSSR count). The molecule has 0 bridgehead atoms. The summed E-state index contributed by atoms with van der Waals surface area (Å²) in [5.41, 5.74) is 3.94. The van der Waals surface area contributed by atoms with E-state index in [9.17, 15) is 4.39 Å². The zero-order chi connectivity index (χ0) is 21.0. The summed E-state index contributed by atoms with van der Waals surface area (Å²) in [6.07, 6.45) is 4.92. The van der Waals surface area contributed by atoms with E-state index in [1.165, 1.54) is 6.07 Å². The molecule has 0 saturated carbocycles. The Bertz CT molecular complexity index is 1120. The number of benzene rings is 1. The Kier molecular flexibility index (Phi) is 6.34. The number of hydrogen-bond donors (Lipinski definition) is 1. The van der Waals surface area contributed by atoms with Crippen molar-refractivity contribution in [3.63, 3.8) is 0 Å². The number of halogens is 2. The molecule has 3 aromatic rings. The van der Waals surface area contributed by atoms with Gasteiger partial charge in [-0.05, 0) is 50.4 Å². The van der Waals surface area contributed by atoms with Gasteiger partial charge in [0.05, 0.1) is 22.4 Å². The number of pyridine rings is 2. The summed E-state index contributed by atoms with van der Waals surface area (Å²) >= 11 is 6.52. The van der Waals surface area contributed by atoms with E-state index in [2.05, 4.69) is 32.0 Å². The van der Waals surface area contributed by atoms with Gasteiger partial charge in [0.15, 0.2) is 5.65 Å². The van der Waals surface area contributed by atoms with Crippen LogP contribution < -0.4 is 5.32 Å². The van der Waals surface area contributed by atoms with Crippen LogP contribution in [0.15, 0.2) is 52.7 Å². The van der Waals surface area contributed by atoms with Crippen molar-refractivity contribution in [3.05, 3.63) is 70.4 Å². The fraction of sp³-hybridized carbons (Fsp3) is 0.182. The van der Waals surface area contributed by atoms with Crippen molar-refractivity contribution in [1.29, 1.82) is 0 Å². The van der Waals surface area contributed by atoms with Crippen LogP contribution in [0, 0.1) is 12.7 Å². The van der Waals surface area contributed by atoms with Gasteiger partial charge in [-0.3, -0.25) is 9.98 Å². The lowest BCUT2D eigenvalue weighted by Crippen LogP contribution is -2.11. The second-order valence-electron chi connectivity index (χ2n) is 6.52. The third-order valence-corrected chi connectivity index (χ3v) is 4.98. The van der Waals surface area contributed by atoms with Crippen molar-refractivity contribution in [1.82, 2.24) is 9.97 Å². The first-order valence-corrected chi connectivity index (χ1v) is 9.39. The maximum atomic E-state index is 14.7. The Hall–Kier alpha value is -3.12. The number of rotatable bonds is 6. The minimum absolute atomic E-state index is 0.322. The molecule has 0 aliphatic rings. The number of anilines is 1. The van der Waals surface area contributed by atoms with Gasteiger partial charge >= 0.3 is 0 Å². The molecule has 1 aromatic carbocycles. The molecule has 0 aliphatic carbocycles. The number of nitrogens with one attached hydrogen (secondary N) is 1. The van der Waals surface area contributed by atoms with E-state index in [4.69, 9.17) is 11.6 Å². The largest absolute Gasteiger partial charge is 0.377 e. The number of aliphatic imine (C=N–C) groups is 2. The molecule has 0 radical (unpaired) electrons. The van der Waals surface area contributed by atoms with Gasteiger partial charge in [-0.25, -0.2) is 14.4 Å². The maximum Gasteiger partial charge on any atom is 0.161 e. The number of aromatic nitrogens is 2. The Morgan fingerprint density at radius 1 is 1.34 bits per heavy atom. The molecular formula is C22H21ClFN5. The summed E-state index contributed by atoms with van der Waals surface area (Å²) in [6.45, 7) is 7.18. The second kappa shape index (κ2) is 8.92. The molecular weight excluding hydrogens is 389 g/mol. The number of allylic oxidation sites excluding steroid dienone is 1. The van der Waals surface area contributed by atoms with Crippen molar-refractivity contribution < 1.29 is 4.39 Å². The highest BCUT2D eigenvalue weighted by atomic mass is 35.5. The third-order valence-electron chi connectivity index (χ3n) is 4.52. The molecule has 0 spiro atoms. The highest BCUT2D eigenvalue weighted by molar-refractivity contribution is 6.35. The molecule has 0 aliphatic heterocycles.